The highest BCUT2D eigenvalue weighted by atomic mass is 19.1. The Morgan fingerprint density at radius 1 is 1.55 bits per heavy atom. The van der Waals surface area contributed by atoms with E-state index < -0.39 is 0 Å². The van der Waals surface area contributed by atoms with Gasteiger partial charge in [-0.1, -0.05) is 0 Å². The molecule has 0 N–H and O–H groups in total. The first-order valence-corrected chi connectivity index (χ1v) is 4.05. The van der Waals surface area contributed by atoms with E-state index in [1.165, 1.54) is 0 Å². The second-order valence-corrected chi connectivity index (χ2v) is 3.08. The number of carbonyl (C=O) groups is 1. The van der Waals surface area contributed by atoms with Crippen molar-refractivity contribution < 1.29 is 9.18 Å². The van der Waals surface area contributed by atoms with Gasteiger partial charge in [0, 0.05) is 32.0 Å². The fourth-order valence-electron chi connectivity index (χ4n) is 1.31. The van der Waals surface area contributed by atoms with Gasteiger partial charge in [-0.25, -0.2) is 4.39 Å². The van der Waals surface area contributed by atoms with Crippen LogP contribution < -0.4 is 0 Å². The number of hydrogen-bond acceptors (Lipinski definition) is 2. The van der Waals surface area contributed by atoms with E-state index in [2.05, 4.69) is 0 Å². The molecule has 0 aromatic carbocycles. The number of halogens is 1. The summed E-state index contributed by atoms with van der Waals surface area (Å²) in [5.41, 5.74) is 0. The molecular formula is C8H14FNO. The van der Waals surface area contributed by atoms with Gasteiger partial charge < -0.3 is 0 Å². The van der Waals surface area contributed by atoms with Gasteiger partial charge in [-0.2, -0.15) is 0 Å². The molecule has 0 saturated carbocycles. The van der Waals surface area contributed by atoms with Crippen molar-refractivity contribution in [3.05, 3.63) is 0 Å². The maximum absolute atomic E-state index is 12.1. The molecule has 0 amide bonds. The van der Waals surface area contributed by atoms with Gasteiger partial charge in [0.05, 0.1) is 0 Å². The average molecular weight is 159 g/mol. The number of likely N-dealkylation sites (tertiary alicyclic amines) is 1. The molecule has 3 heteroatoms. The lowest BCUT2D eigenvalue weighted by Gasteiger charge is -2.29. The van der Waals surface area contributed by atoms with E-state index in [9.17, 15) is 9.18 Å². The second-order valence-electron chi connectivity index (χ2n) is 3.08. The summed E-state index contributed by atoms with van der Waals surface area (Å²) in [6.45, 7) is 3.03. The number of piperidine rings is 1. The highest BCUT2D eigenvalue weighted by Gasteiger charge is 2.19. The Balaban J connectivity index is 2.32. The van der Waals surface area contributed by atoms with E-state index in [1.807, 2.05) is 11.8 Å². The van der Waals surface area contributed by atoms with Gasteiger partial charge in [0.1, 0.15) is 12.5 Å². The number of rotatable bonds is 2. The van der Waals surface area contributed by atoms with Crippen molar-refractivity contribution in [3.8, 4) is 0 Å². The molecule has 2 nitrogen and oxygen atoms in total. The van der Waals surface area contributed by atoms with Crippen molar-refractivity contribution in [3.63, 3.8) is 0 Å². The van der Waals surface area contributed by atoms with E-state index >= 15 is 0 Å². The molecule has 64 valence electrons. The Hall–Kier alpha value is -0.440. The highest BCUT2D eigenvalue weighted by molar-refractivity contribution is 5.79. The van der Waals surface area contributed by atoms with Crippen LogP contribution in [0.25, 0.3) is 0 Å². The van der Waals surface area contributed by atoms with Crippen LogP contribution in [0.3, 0.4) is 0 Å². The van der Waals surface area contributed by atoms with E-state index in [4.69, 9.17) is 0 Å². The van der Waals surface area contributed by atoms with Crippen LogP contribution in [-0.4, -0.2) is 36.5 Å². The lowest BCUT2D eigenvalue weighted by Crippen LogP contribution is -2.41. The fourth-order valence-corrected chi connectivity index (χ4v) is 1.31. The summed E-state index contributed by atoms with van der Waals surface area (Å²) in [4.78, 5) is 12.8. The topological polar surface area (TPSA) is 20.3 Å². The molecule has 0 bridgehead atoms. The van der Waals surface area contributed by atoms with Crippen LogP contribution in [0.2, 0.25) is 0 Å². The van der Waals surface area contributed by atoms with Crippen LogP contribution in [0, 0.1) is 0 Å². The van der Waals surface area contributed by atoms with E-state index in [-0.39, 0.29) is 12.7 Å². The van der Waals surface area contributed by atoms with Crippen LogP contribution >= 0.6 is 0 Å². The van der Waals surface area contributed by atoms with Crippen molar-refractivity contribution >= 4 is 5.78 Å². The largest absolute Gasteiger partial charge is 0.300 e. The van der Waals surface area contributed by atoms with Crippen molar-refractivity contribution in [2.45, 2.75) is 25.8 Å². The Labute approximate surface area is 66.4 Å². The quantitative estimate of drug-likeness (QED) is 0.599. The van der Waals surface area contributed by atoms with Crippen molar-refractivity contribution in [2.75, 3.05) is 19.8 Å². The summed E-state index contributed by atoms with van der Waals surface area (Å²) in [7, 11) is 0. The predicted octanol–water partition coefficient (Wildman–Crippen LogP) is 1.01. The molecule has 1 rings (SSSR count). The molecule has 1 aliphatic heterocycles. The normalized spacial score (nSPS) is 23.6. The maximum Gasteiger partial charge on any atom is 0.135 e. The van der Waals surface area contributed by atoms with Crippen molar-refractivity contribution in [2.24, 2.45) is 0 Å². The van der Waals surface area contributed by atoms with Gasteiger partial charge in [0.25, 0.3) is 0 Å². The van der Waals surface area contributed by atoms with Gasteiger partial charge in [-0.3, -0.25) is 9.69 Å². The summed E-state index contributed by atoms with van der Waals surface area (Å²) >= 11 is 0. The number of hydrogen-bond donors (Lipinski definition) is 0. The fraction of sp³-hybridized carbons (Fsp3) is 0.875. The second kappa shape index (κ2) is 3.81. The molecule has 1 atom stereocenters. The zero-order chi connectivity index (χ0) is 8.27. The Kier molecular flexibility index (Phi) is 3.00. The first kappa shape index (κ1) is 8.65. The van der Waals surface area contributed by atoms with E-state index in [1.54, 1.807) is 0 Å². The molecule has 11 heavy (non-hydrogen) atoms. The molecule has 0 aliphatic carbocycles. The first-order chi connectivity index (χ1) is 5.24. The maximum atomic E-state index is 12.1. The number of carbonyl (C=O) groups excluding carboxylic acids is 1. The minimum Gasteiger partial charge on any atom is -0.300 e. The van der Waals surface area contributed by atoms with Crippen LogP contribution in [0.5, 0.6) is 0 Å². The van der Waals surface area contributed by atoms with Crippen molar-refractivity contribution in [1.82, 2.24) is 4.90 Å². The third-order valence-corrected chi connectivity index (χ3v) is 2.20. The number of ketones is 1. The molecule has 0 unspecified atom stereocenters. The summed E-state index contributed by atoms with van der Waals surface area (Å²) in [6, 6.07) is -0.0110. The minimum absolute atomic E-state index is 0.0110. The monoisotopic (exact) mass is 159 g/mol. The lowest BCUT2D eigenvalue weighted by atomic mass is 10.1. The standard InChI is InChI=1S/C8H14FNO/c1-7(6-9)10-4-2-8(11)3-5-10/h7H,2-6H2,1H3/t7-/m1/s1. The third kappa shape index (κ3) is 2.26. The van der Waals surface area contributed by atoms with Crippen LogP contribution in [0.1, 0.15) is 19.8 Å². The van der Waals surface area contributed by atoms with Gasteiger partial charge in [0.15, 0.2) is 0 Å². The molecule has 1 aliphatic rings. The highest BCUT2D eigenvalue weighted by Crippen LogP contribution is 2.09. The molecule has 1 saturated heterocycles. The summed E-state index contributed by atoms with van der Waals surface area (Å²) < 4.78 is 12.1. The van der Waals surface area contributed by atoms with E-state index in [0.717, 1.165) is 13.1 Å². The van der Waals surface area contributed by atoms with Gasteiger partial charge in [-0.05, 0) is 6.92 Å². The smallest absolute Gasteiger partial charge is 0.135 e. The Morgan fingerprint density at radius 2 is 2.09 bits per heavy atom. The zero-order valence-corrected chi connectivity index (χ0v) is 6.85. The summed E-state index contributed by atoms with van der Waals surface area (Å²) in [6.07, 6.45) is 1.20. The zero-order valence-electron chi connectivity index (χ0n) is 6.85. The van der Waals surface area contributed by atoms with Gasteiger partial charge in [0.2, 0.25) is 0 Å². The number of alkyl halides is 1. The third-order valence-electron chi connectivity index (χ3n) is 2.20. The summed E-state index contributed by atoms with van der Waals surface area (Å²) in [5, 5.41) is 0. The first-order valence-electron chi connectivity index (χ1n) is 4.05. The van der Waals surface area contributed by atoms with Crippen LogP contribution in [0.4, 0.5) is 4.39 Å². The molecule has 0 aromatic rings. The van der Waals surface area contributed by atoms with Gasteiger partial charge in [-0.15, -0.1) is 0 Å². The number of nitrogens with zero attached hydrogens (tertiary/aromatic N) is 1. The van der Waals surface area contributed by atoms with Crippen LogP contribution in [0.15, 0.2) is 0 Å². The van der Waals surface area contributed by atoms with Crippen LogP contribution in [-0.2, 0) is 4.79 Å². The molecular weight excluding hydrogens is 145 g/mol. The minimum atomic E-state index is -0.311. The molecule has 0 aromatic heterocycles. The Morgan fingerprint density at radius 3 is 2.55 bits per heavy atom. The molecule has 1 heterocycles. The van der Waals surface area contributed by atoms with Crippen molar-refractivity contribution in [1.29, 1.82) is 0 Å². The lowest BCUT2D eigenvalue weighted by molar-refractivity contribution is -0.121. The molecule has 0 radical (unpaired) electrons. The predicted molar refractivity (Wildman–Crippen MR) is 41.3 cm³/mol. The Bertz CT molecular complexity index is 139. The summed E-state index contributed by atoms with van der Waals surface area (Å²) in [5.74, 6) is 0.312. The van der Waals surface area contributed by atoms with Gasteiger partial charge >= 0.3 is 0 Å². The van der Waals surface area contributed by atoms with E-state index in [0.29, 0.717) is 18.6 Å². The molecule has 1 fully saturated rings. The molecule has 0 spiro atoms. The number of Topliss-reactive ketones (excluding diaryl/α,β-unsaturated/α-hetero) is 1. The SMILES string of the molecule is C[C@H](CF)N1CCC(=O)CC1. The average Bonchev–Trinajstić information content (AvgIpc) is 2.05.